The summed E-state index contributed by atoms with van der Waals surface area (Å²) in [5.41, 5.74) is 1.68. The van der Waals surface area contributed by atoms with Crippen molar-refractivity contribution >= 4 is 11.0 Å². The molecule has 3 N–H and O–H groups in total. The number of phenolic OH excluding ortho intramolecular Hbond substituents is 3. The van der Waals surface area contributed by atoms with Crippen molar-refractivity contribution in [2.24, 2.45) is 0 Å². The molecule has 1 aliphatic heterocycles. The summed E-state index contributed by atoms with van der Waals surface area (Å²) in [7, 11) is 0. The molecular weight excluding hydrogens is 336 g/mol. The van der Waals surface area contributed by atoms with Crippen LogP contribution >= 0.6 is 0 Å². The highest BCUT2D eigenvalue weighted by atomic mass is 16.5. The number of benzene rings is 2. The fraction of sp³-hybridized carbons (Fsp3) is 0.150. The first-order valence-electron chi connectivity index (χ1n) is 8.01. The first-order valence-corrected chi connectivity index (χ1v) is 8.01. The van der Waals surface area contributed by atoms with Crippen LogP contribution in [0.3, 0.4) is 0 Å². The van der Waals surface area contributed by atoms with E-state index in [0.717, 1.165) is 11.6 Å². The van der Waals surface area contributed by atoms with E-state index in [-0.39, 0.29) is 39.9 Å². The van der Waals surface area contributed by atoms with Gasteiger partial charge >= 0.3 is 0 Å². The third-order valence-electron chi connectivity index (χ3n) is 4.57. The van der Waals surface area contributed by atoms with Gasteiger partial charge in [-0.05, 0) is 24.6 Å². The van der Waals surface area contributed by atoms with Crippen LogP contribution in [0, 0.1) is 0 Å². The van der Waals surface area contributed by atoms with Gasteiger partial charge in [0.05, 0.1) is 5.56 Å². The van der Waals surface area contributed by atoms with Crippen molar-refractivity contribution in [3.63, 3.8) is 0 Å². The number of hydrogen-bond donors (Lipinski definition) is 3. The van der Waals surface area contributed by atoms with E-state index < -0.39 is 5.43 Å². The minimum atomic E-state index is -0.459. The zero-order chi connectivity index (χ0) is 18.6. The Balaban J connectivity index is 1.96. The van der Waals surface area contributed by atoms with Crippen LogP contribution < -0.4 is 10.2 Å². The highest BCUT2D eigenvalue weighted by molar-refractivity contribution is 5.89. The highest BCUT2D eigenvalue weighted by Crippen LogP contribution is 2.44. The Morgan fingerprint density at radius 3 is 2.65 bits per heavy atom. The smallest absolute Gasteiger partial charge is 0.204 e. The van der Waals surface area contributed by atoms with Crippen LogP contribution in [0.1, 0.15) is 12.5 Å². The third-order valence-corrected chi connectivity index (χ3v) is 4.57. The molecule has 1 aliphatic rings. The van der Waals surface area contributed by atoms with Crippen LogP contribution in [0.25, 0.3) is 22.1 Å². The second kappa shape index (κ2) is 5.56. The van der Waals surface area contributed by atoms with Crippen LogP contribution in [-0.4, -0.2) is 21.4 Å². The number of ether oxygens (including phenoxy) is 1. The molecule has 0 unspecified atom stereocenters. The molecule has 6 heteroatoms. The lowest BCUT2D eigenvalue weighted by molar-refractivity contribution is 0.272. The van der Waals surface area contributed by atoms with Gasteiger partial charge in [0, 0.05) is 29.7 Å². The molecule has 0 radical (unpaired) electrons. The minimum absolute atomic E-state index is 0.0310. The zero-order valence-electron chi connectivity index (χ0n) is 13.9. The summed E-state index contributed by atoms with van der Waals surface area (Å²) in [5.74, 6) is -0.0795. The SMILES string of the molecule is C=C(C)[C@@H]1Cc2c(O)ccc(-c3coc4cc(O)cc(O)c4c3=O)c2O1. The molecule has 3 aromatic rings. The van der Waals surface area contributed by atoms with Gasteiger partial charge in [0.2, 0.25) is 5.43 Å². The van der Waals surface area contributed by atoms with E-state index in [2.05, 4.69) is 6.58 Å². The van der Waals surface area contributed by atoms with E-state index in [1.807, 2.05) is 6.92 Å². The maximum Gasteiger partial charge on any atom is 0.204 e. The van der Waals surface area contributed by atoms with Crippen molar-refractivity contribution in [2.75, 3.05) is 0 Å². The van der Waals surface area contributed by atoms with Crippen LogP contribution in [0.4, 0.5) is 0 Å². The van der Waals surface area contributed by atoms with Gasteiger partial charge in [0.15, 0.2) is 0 Å². The van der Waals surface area contributed by atoms with E-state index in [1.54, 1.807) is 6.07 Å². The second-order valence-corrected chi connectivity index (χ2v) is 6.41. The fourth-order valence-electron chi connectivity index (χ4n) is 3.21. The molecule has 0 fully saturated rings. The maximum absolute atomic E-state index is 12.9. The van der Waals surface area contributed by atoms with Crippen molar-refractivity contribution in [3.8, 4) is 34.1 Å². The van der Waals surface area contributed by atoms with Gasteiger partial charge in [-0.25, -0.2) is 0 Å². The van der Waals surface area contributed by atoms with Crippen LogP contribution in [0.5, 0.6) is 23.0 Å². The second-order valence-electron chi connectivity index (χ2n) is 6.41. The lowest BCUT2D eigenvalue weighted by atomic mass is 9.99. The molecule has 0 saturated carbocycles. The lowest BCUT2D eigenvalue weighted by Gasteiger charge is -2.12. The molecule has 2 aromatic carbocycles. The normalized spacial score (nSPS) is 15.7. The van der Waals surface area contributed by atoms with Crippen LogP contribution in [-0.2, 0) is 6.42 Å². The fourth-order valence-corrected chi connectivity index (χ4v) is 3.21. The Morgan fingerprint density at radius 1 is 1.15 bits per heavy atom. The molecule has 1 aromatic heterocycles. The van der Waals surface area contributed by atoms with E-state index in [9.17, 15) is 20.1 Å². The van der Waals surface area contributed by atoms with Crippen molar-refractivity contribution in [1.29, 1.82) is 0 Å². The van der Waals surface area contributed by atoms with Crippen LogP contribution in [0.2, 0.25) is 0 Å². The topological polar surface area (TPSA) is 100 Å². The summed E-state index contributed by atoms with van der Waals surface area (Å²) >= 11 is 0. The lowest BCUT2D eigenvalue weighted by Crippen LogP contribution is -2.13. The van der Waals surface area contributed by atoms with E-state index in [0.29, 0.717) is 23.3 Å². The summed E-state index contributed by atoms with van der Waals surface area (Å²) in [6.45, 7) is 5.72. The van der Waals surface area contributed by atoms with Crippen molar-refractivity contribution in [1.82, 2.24) is 0 Å². The first-order chi connectivity index (χ1) is 12.4. The van der Waals surface area contributed by atoms with Crippen LogP contribution in [0.15, 0.2) is 51.9 Å². The molecule has 0 aliphatic carbocycles. The minimum Gasteiger partial charge on any atom is -0.508 e. The molecule has 0 saturated heterocycles. The molecule has 0 spiro atoms. The predicted molar refractivity (Wildman–Crippen MR) is 95.8 cm³/mol. The first kappa shape index (κ1) is 16.1. The van der Waals surface area contributed by atoms with E-state index in [1.165, 1.54) is 18.4 Å². The molecule has 2 heterocycles. The summed E-state index contributed by atoms with van der Waals surface area (Å²) < 4.78 is 11.4. The summed E-state index contributed by atoms with van der Waals surface area (Å²) in [6.07, 6.45) is 1.44. The van der Waals surface area contributed by atoms with E-state index in [4.69, 9.17) is 9.15 Å². The largest absolute Gasteiger partial charge is 0.508 e. The Bertz CT molecular complexity index is 1130. The monoisotopic (exact) mass is 352 g/mol. The Labute approximate surface area is 148 Å². The zero-order valence-corrected chi connectivity index (χ0v) is 13.9. The number of rotatable bonds is 2. The quantitative estimate of drug-likeness (QED) is 0.611. The Hall–Kier alpha value is -3.41. The molecule has 0 amide bonds. The number of fused-ring (bicyclic) bond motifs is 2. The van der Waals surface area contributed by atoms with Gasteiger partial charge in [0.25, 0.3) is 0 Å². The molecule has 0 bridgehead atoms. The standard InChI is InChI=1S/C20H16O6/c1-9(2)16-7-12-14(22)4-3-11(20(12)26-16)13-8-25-17-6-10(21)5-15(23)18(17)19(13)24/h3-6,8,16,21-23H,1,7H2,2H3/t16-/m0/s1. The Kier molecular flexibility index (Phi) is 3.44. The molecule has 132 valence electrons. The summed E-state index contributed by atoms with van der Waals surface area (Å²) in [4.78, 5) is 12.9. The number of hydrogen-bond acceptors (Lipinski definition) is 6. The molecule has 6 nitrogen and oxygen atoms in total. The maximum atomic E-state index is 12.9. The Morgan fingerprint density at radius 2 is 1.92 bits per heavy atom. The molecule has 26 heavy (non-hydrogen) atoms. The summed E-state index contributed by atoms with van der Waals surface area (Å²) in [5, 5.41) is 29.7. The van der Waals surface area contributed by atoms with E-state index >= 15 is 0 Å². The van der Waals surface area contributed by atoms with Gasteiger partial charge < -0.3 is 24.5 Å². The molecule has 4 rings (SSSR count). The van der Waals surface area contributed by atoms with Crippen molar-refractivity contribution in [3.05, 3.63) is 58.5 Å². The van der Waals surface area contributed by atoms with Gasteiger partial charge in [-0.15, -0.1) is 0 Å². The average Bonchev–Trinajstić information content (AvgIpc) is 3.02. The predicted octanol–water partition coefficient (Wildman–Crippen LogP) is 3.46. The number of phenols is 3. The highest BCUT2D eigenvalue weighted by Gasteiger charge is 2.30. The number of aromatic hydroxyl groups is 3. The van der Waals surface area contributed by atoms with Gasteiger partial charge in [0.1, 0.15) is 46.3 Å². The van der Waals surface area contributed by atoms with Gasteiger partial charge in [-0.1, -0.05) is 6.58 Å². The van der Waals surface area contributed by atoms with Gasteiger partial charge in [-0.2, -0.15) is 0 Å². The van der Waals surface area contributed by atoms with Gasteiger partial charge in [-0.3, -0.25) is 4.79 Å². The molecular formula is C20H16O6. The third kappa shape index (κ3) is 2.30. The van der Waals surface area contributed by atoms with Crippen molar-refractivity contribution < 1.29 is 24.5 Å². The molecule has 1 atom stereocenters. The van der Waals surface area contributed by atoms with Crippen molar-refractivity contribution in [2.45, 2.75) is 19.4 Å². The summed E-state index contributed by atoms with van der Waals surface area (Å²) in [6, 6.07) is 5.41. The average molecular weight is 352 g/mol.